The standard InChI is InChI=1S/C16H23N3/c1-4-19-12-14(10-18-19)9-15(11-17-3)16-8-6-5-7-13(16)2/h5-8,10,12,15,17H,4,9,11H2,1-3H3. The molecule has 0 bridgehead atoms. The molecule has 1 atom stereocenters. The molecule has 2 aromatic rings. The first-order valence-corrected chi connectivity index (χ1v) is 6.96. The molecule has 0 saturated heterocycles. The first-order chi connectivity index (χ1) is 9.24. The van der Waals surface area contributed by atoms with Gasteiger partial charge in [-0.15, -0.1) is 0 Å². The zero-order chi connectivity index (χ0) is 13.7. The maximum absolute atomic E-state index is 4.36. The Bertz CT molecular complexity index is 516. The predicted molar refractivity (Wildman–Crippen MR) is 79.5 cm³/mol. The molecule has 1 heterocycles. The van der Waals surface area contributed by atoms with Gasteiger partial charge in [-0.25, -0.2) is 0 Å². The summed E-state index contributed by atoms with van der Waals surface area (Å²) < 4.78 is 1.99. The van der Waals surface area contributed by atoms with E-state index in [-0.39, 0.29) is 0 Å². The van der Waals surface area contributed by atoms with Crippen LogP contribution in [-0.2, 0) is 13.0 Å². The molecule has 0 radical (unpaired) electrons. The van der Waals surface area contributed by atoms with Gasteiger partial charge in [0.25, 0.3) is 0 Å². The summed E-state index contributed by atoms with van der Waals surface area (Å²) in [5.41, 5.74) is 4.11. The Morgan fingerprint density at radius 1 is 1.32 bits per heavy atom. The van der Waals surface area contributed by atoms with Crippen LogP contribution in [0.5, 0.6) is 0 Å². The van der Waals surface area contributed by atoms with Crippen molar-refractivity contribution >= 4 is 0 Å². The van der Waals surface area contributed by atoms with Crippen molar-refractivity contribution in [3.05, 3.63) is 53.3 Å². The normalized spacial score (nSPS) is 12.6. The third kappa shape index (κ3) is 3.44. The number of benzene rings is 1. The van der Waals surface area contributed by atoms with Crippen LogP contribution >= 0.6 is 0 Å². The van der Waals surface area contributed by atoms with Crippen LogP contribution in [0.2, 0.25) is 0 Å². The van der Waals surface area contributed by atoms with E-state index in [4.69, 9.17) is 0 Å². The van der Waals surface area contributed by atoms with Gasteiger partial charge in [-0.3, -0.25) is 4.68 Å². The minimum atomic E-state index is 0.501. The molecule has 0 saturated carbocycles. The second-order valence-electron chi connectivity index (χ2n) is 5.02. The minimum Gasteiger partial charge on any atom is -0.319 e. The summed E-state index contributed by atoms with van der Waals surface area (Å²) in [4.78, 5) is 0. The Labute approximate surface area is 115 Å². The highest BCUT2D eigenvalue weighted by molar-refractivity contribution is 5.30. The molecule has 0 fully saturated rings. The van der Waals surface area contributed by atoms with Crippen molar-refractivity contribution < 1.29 is 0 Å². The summed E-state index contributed by atoms with van der Waals surface area (Å²) in [6, 6.07) is 8.65. The van der Waals surface area contributed by atoms with Crippen molar-refractivity contribution in [1.82, 2.24) is 15.1 Å². The molecule has 2 rings (SSSR count). The maximum Gasteiger partial charge on any atom is 0.0521 e. The molecular formula is C16H23N3. The quantitative estimate of drug-likeness (QED) is 0.862. The number of rotatable bonds is 6. The van der Waals surface area contributed by atoms with Crippen molar-refractivity contribution in [1.29, 1.82) is 0 Å². The predicted octanol–water partition coefficient (Wildman–Crippen LogP) is 2.76. The summed E-state index contributed by atoms with van der Waals surface area (Å²) in [5, 5.41) is 7.67. The van der Waals surface area contributed by atoms with Gasteiger partial charge in [-0.1, -0.05) is 24.3 Å². The number of likely N-dealkylation sites (N-methyl/N-ethyl adjacent to an activating group) is 1. The Hall–Kier alpha value is -1.61. The lowest BCUT2D eigenvalue weighted by molar-refractivity contribution is 0.620. The van der Waals surface area contributed by atoms with Gasteiger partial charge >= 0.3 is 0 Å². The van der Waals surface area contributed by atoms with Crippen molar-refractivity contribution in [3.63, 3.8) is 0 Å². The molecule has 3 heteroatoms. The number of hydrogen-bond acceptors (Lipinski definition) is 2. The Morgan fingerprint density at radius 3 is 2.74 bits per heavy atom. The molecule has 1 aromatic carbocycles. The second kappa shape index (κ2) is 6.53. The zero-order valence-corrected chi connectivity index (χ0v) is 12.1. The first kappa shape index (κ1) is 13.8. The fraction of sp³-hybridized carbons (Fsp3) is 0.438. The summed E-state index contributed by atoms with van der Waals surface area (Å²) in [6.07, 6.45) is 5.18. The molecule has 0 aliphatic carbocycles. The molecule has 0 aliphatic rings. The SMILES string of the molecule is CCn1cc(CC(CNC)c2ccccc2C)cn1. The highest BCUT2D eigenvalue weighted by Crippen LogP contribution is 2.23. The molecule has 1 N–H and O–H groups in total. The van der Waals surface area contributed by atoms with Crippen LogP contribution in [0.1, 0.15) is 29.5 Å². The van der Waals surface area contributed by atoms with Crippen LogP contribution in [0, 0.1) is 6.92 Å². The Morgan fingerprint density at radius 2 is 2.11 bits per heavy atom. The number of aryl methyl sites for hydroxylation is 2. The first-order valence-electron chi connectivity index (χ1n) is 6.96. The van der Waals surface area contributed by atoms with E-state index in [1.807, 2.05) is 17.9 Å². The van der Waals surface area contributed by atoms with E-state index in [9.17, 15) is 0 Å². The van der Waals surface area contributed by atoms with Gasteiger partial charge in [0.2, 0.25) is 0 Å². The second-order valence-corrected chi connectivity index (χ2v) is 5.02. The van der Waals surface area contributed by atoms with Gasteiger partial charge in [0.1, 0.15) is 0 Å². The van der Waals surface area contributed by atoms with E-state index in [0.29, 0.717) is 5.92 Å². The summed E-state index contributed by atoms with van der Waals surface area (Å²) in [5.74, 6) is 0.501. The van der Waals surface area contributed by atoms with Gasteiger partial charge in [-0.2, -0.15) is 5.10 Å². The van der Waals surface area contributed by atoms with Crippen molar-refractivity contribution in [2.45, 2.75) is 32.7 Å². The zero-order valence-electron chi connectivity index (χ0n) is 12.1. The summed E-state index contributed by atoms with van der Waals surface area (Å²) in [6.45, 7) is 6.22. The van der Waals surface area contributed by atoms with Crippen molar-refractivity contribution in [3.8, 4) is 0 Å². The van der Waals surface area contributed by atoms with Crippen molar-refractivity contribution in [2.24, 2.45) is 0 Å². The Kier molecular flexibility index (Phi) is 4.74. The summed E-state index contributed by atoms with van der Waals surface area (Å²) >= 11 is 0. The molecule has 0 amide bonds. The van der Waals surface area contributed by atoms with Gasteiger partial charge in [0.15, 0.2) is 0 Å². The van der Waals surface area contributed by atoms with E-state index in [0.717, 1.165) is 19.5 Å². The molecule has 3 nitrogen and oxygen atoms in total. The van der Waals surface area contributed by atoms with Crippen LogP contribution in [0.4, 0.5) is 0 Å². The molecule has 0 aliphatic heterocycles. The average molecular weight is 257 g/mol. The fourth-order valence-electron chi connectivity index (χ4n) is 2.55. The topological polar surface area (TPSA) is 29.9 Å². The van der Waals surface area contributed by atoms with Crippen LogP contribution < -0.4 is 5.32 Å². The number of hydrogen-bond donors (Lipinski definition) is 1. The van der Waals surface area contributed by atoms with E-state index < -0.39 is 0 Å². The van der Waals surface area contributed by atoms with Crippen LogP contribution in [-0.4, -0.2) is 23.4 Å². The summed E-state index contributed by atoms with van der Waals surface area (Å²) in [7, 11) is 2.01. The van der Waals surface area contributed by atoms with Gasteiger partial charge < -0.3 is 5.32 Å². The van der Waals surface area contributed by atoms with Gasteiger partial charge in [0.05, 0.1) is 6.20 Å². The lowest BCUT2D eigenvalue weighted by atomic mass is 9.90. The monoisotopic (exact) mass is 257 g/mol. The number of aromatic nitrogens is 2. The lowest BCUT2D eigenvalue weighted by Crippen LogP contribution is -2.19. The molecule has 19 heavy (non-hydrogen) atoms. The van der Waals surface area contributed by atoms with E-state index in [1.54, 1.807) is 0 Å². The van der Waals surface area contributed by atoms with E-state index >= 15 is 0 Å². The largest absolute Gasteiger partial charge is 0.319 e. The van der Waals surface area contributed by atoms with Crippen LogP contribution in [0.3, 0.4) is 0 Å². The number of nitrogens with one attached hydrogen (secondary N) is 1. The van der Waals surface area contributed by atoms with Crippen LogP contribution in [0.25, 0.3) is 0 Å². The molecule has 102 valence electrons. The van der Waals surface area contributed by atoms with Gasteiger partial charge in [-0.05, 0) is 44.0 Å². The molecule has 1 aromatic heterocycles. The van der Waals surface area contributed by atoms with Crippen LogP contribution in [0.15, 0.2) is 36.7 Å². The lowest BCUT2D eigenvalue weighted by Gasteiger charge is -2.18. The minimum absolute atomic E-state index is 0.501. The average Bonchev–Trinajstić information content (AvgIpc) is 2.87. The smallest absolute Gasteiger partial charge is 0.0521 e. The van der Waals surface area contributed by atoms with Crippen molar-refractivity contribution in [2.75, 3.05) is 13.6 Å². The highest BCUT2D eigenvalue weighted by atomic mass is 15.3. The van der Waals surface area contributed by atoms with E-state index in [2.05, 4.69) is 54.7 Å². The Balaban J connectivity index is 2.18. The molecule has 0 spiro atoms. The number of nitrogens with zero attached hydrogens (tertiary/aromatic N) is 2. The van der Waals surface area contributed by atoms with E-state index in [1.165, 1.54) is 16.7 Å². The molecular weight excluding hydrogens is 234 g/mol. The van der Waals surface area contributed by atoms with Gasteiger partial charge in [0, 0.05) is 25.2 Å². The maximum atomic E-state index is 4.36. The third-order valence-electron chi connectivity index (χ3n) is 3.57. The highest BCUT2D eigenvalue weighted by Gasteiger charge is 2.14. The molecule has 1 unspecified atom stereocenters. The fourth-order valence-corrected chi connectivity index (χ4v) is 2.55. The third-order valence-corrected chi connectivity index (χ3v) is 3.57.